The molecule has 0 spiro atoms. The van der Waals surface area contributed by atoms with Crippen LogP contribution in [0.5, 0.6) is 0 Å². The third-order valence-corrected chi connectivity index (χ3v) is 4.98. The maximum atomic E-state index is 12.8. The fourth-order valence-corrected chi connectivity index (χ4v) is 3.42. The first kappa shape index (κ1) is 17.3. The molecule has 130 valence electrons. The number of hydrogen-bond acceptors (Lipinski definition) is 5. The maximum absolute atomic E-state index is 12.8. The minimum atomic E-state index is -0.275. The van der Waals surface area contributed by atoms with Crippen LogP contribution in [0.4, 0.5) is 0 Å². The molecule has 1 amide bonds. The van der Waals surface area contributed by atoms with E-state index in [1.807, 2.05) is 37.3 Å². The van der Waals surface area contributed by atoms with Crippen LogP contribution >= 0.6 is 11.3 Å². The molecule has 25 heavy (non-hydrogen) atoms. The molecule has 3 rings (SSSR count). The maximum Gasteiger partial charge on any atom is 0.274 e. The molecule has 1 N–H and O–H groups in total. The summed E-state index contributed by atoms with van der Waals surface area (Å²) in [6, 6.07) is 11.2. The van der Waals surface area contributed by atoms with Crippen molar-refractivity contribution < 1.29 is 9.53 Å². The number of aromatic nitrogens is 3. The first-order valence-electron chi connectivity index (χ1n) is 7.89. The largest absolute Gasteiger partial charge is 0.382 e. The van der Waals surface area contributed by atoms with E-state index >= 15 is 0 Å². The van der Waals surface area contributed by atoms with Gasteiger partial charge in [0.25, 0.3) is 5.91 Å². The molecule has 0 aliphatic carbocycles. The lowest BCUT2D eigenvalue weighted by molar-refractivity contribution is 0.0589. The Morgan fingerprint density at radius 2 is 2.20 bits per heavy atom. The summed E-state index contributed by atoms with van der Waals surface area (Å²) < 4.78 is 5.28. The highest BCUT2D eigenvalue weighted by Crippen LogP contribution is 2.27. The quantitative estimate of drug-likeness (QED) is 0.736. The van der Waals surface area contributed by atoms with E-state index in [9.17, 15) is 4.79 Å². The first-order chi connectivity index (χ1) is 12.1. The van der Waals surface area contributed by atoms with Crippen molar-refractivity contribution >= 4 is 17.2 Å². The second-order valence-corrected chi connectivity index (χ2v) is 7.01. The molecule has 3 aromatic rings. The molecular formula is C18H20N4O2S. The first-order valence-corrected chi connectivity index (χ1v) is 8.71. The van der Waals surface area contributed by atoms with Crippen LogP contribution in [0, 0.1) is 6.92 Å². The van der Waals surface area contributed by atoms with E-state index in [1.54, 1.807) is 42.7 Å². The monoisotopic (exact) mass is 356 g/mol. The average molecular weight is 356 g/mol. The molecule has 0 unspecified atom stereocenters. The number of nitrogens with one attached hydrogen (secondary N) is 1. The zero-order chi connectivity index (χ0) is 17.8. The van der Waals surface area contributed by atoms with Crippen LogP contribution in [-0.2, 0) is 4.74 Å². The van der Waals surface area contributed by atoms with Crippen LogP contribution in [0.1, 0.15) is 27.1 Å². The molecule has 0 fully saturated rings. The number of nitrogens with zero attached hydrogens (tertiary/aromatic N) is 3. The minimum Gasteiger partial charge on any atom is -0.382 e. The number of likely N-dealkylation sites (N-methyl/N-ethyl adjacent to an activating group) is 1. The summed E-state index contributed by atoms with van der Waals surface area (Å²) in [5.74, 6) is -0.177. The number of rotatable bonds is 6. The van der Waals surface area contributed by atoms with E-state index in [1.165, 1.54) is 4.88 Å². The van der Waals surface area contributed by atoms with Gasteiger partial charge in [0.05, 0.1) is 28.9 Å². The molecule has 0 bridgehead atoms. The van der Waals surface area contributed by atoms with Gasteiger partial charge in [-0.2, -0.15) is 5.10 Å². The van der Waals surface area contributed by atoms with Gasteiger partial charge < -0.3 is 9.64 Å². The third-order valence-electron chi connectivity index (χ3n) is 3.94. The van der Waals surface area contributed by atoms with E-state index in [-0.39, 0.29) is 11.9 Å². The van der Waals surface area contributed by atoms with Crippen molar-refractivity contribution in [2.75, 3.05) is 20.8 Å². The summed E-state index contributed by atoms with van der Waals surface area (Å²) in [5, 5.41) is 7.14. The standard InChI is InChI=1S/C18H20N4O2S/c1-12-7-8-17(25-12)14-10-15(21-20-14)18(23)22(2)16(11-24-3)13-6-4-5-9-19-13/h4-10,16H,11H2,1-3H3,(H,20,21)/t16-/m1/s1. The Labute approximate surface area is 150 Å². The third kappa shape index (κ3) is 3.78. The number of carbonyl (C=O) groups is 1. The Morgan fingerprint density at radius 3 is 2.84 bits per heavy atom. The second-order valence-electron chi connectivity index (χ2n) is 5.72. The second kappa shape index (κ2) is 7.58. The Hall–Kier alpha value is -2.51. The lowest BCUT2D eigenvalue weighted by Gasteiger charge is -2.26. The predicted molar refractivity (Wildman–Crippen MR) is 97.6 cm³/mol. The Bertz CT molecular complexity index is 844. The van der Waals surface area contributed by atoms with Crippen LogP contribution in [0.3, 0.4) is 0 Å². The van der Waals surface area contributed by atoms with Crippen molar-refractivity contribution in [1.29, 1.82) is 0 Å². The lowest BCUT2D eigenvalue weighted by Crippen LogP contribution is -2.34. The molecule has 6 nitrogen and oxygen atoms in total. The number of carbonyl (C=O) groups excluding carboxylic acids is 1. The summed E-state index contributed by atoms with van der Waals surface area (Å²) in [6.45, 7) is 2.41. The van der Waals surface area contributed by atoms with Gasteiger partial charge in [-0.1, -0.05) is 6.07 Å². The van der Waals surface area contributed by atoms with E-state index in [2.05, 4.69) is 15.2 Å². The number of hydrogen-bond donors (Lipinski definition) is 1. The van der Waals surface area contributed by atoms with Crippen LogP contribution in [0.2, 0.25) is 0 Å². The van der Waals surface area contributed by atoms with Gasteiger partial charge in [-0.05, 0) is 37.3 Å². The van der Waals surface area contributed by atoms with Crippen LogP contribution < -0.4 is 0 Å². The molecule has 0 aliphatic heterocycles. The highest BCUT2D eigenvalue weighted by Gasteiger charge is 2.25. The number of thiophene rings is 1. The lowest BCUT2D eigenvalue weighted by atomic mass is 10.1. The van der Waals surface area contributed by atoms with Crippen molar-refractivity contribution in [2.45, 2.75) is 13.0 Å². The fourth-order valence-electron chi connectivity index (χ4n) is 2.59. The van der Waals surface area contributed by atoms with Crippen LogP contribution in [0.15, 0.2) is 42.6 Å². The highest BCUT2D eigenvalue weighted by atomic mass is 32.1. The van der Waals surface area contributed by atoms with Gasteiger partial charge in [0, 0.05) is 25.2 Å². The van der Waals surface area contributed by atoms with Gasteiger partial charge in [-0.3, -0.25) is 14.9 Å². The molecule has 0 saturated carbocycles. The van der Waals surface area contributed by atoms with Crippen molar-refractivity contribution in [3.8, 4) is 10.6 Å². The van der Waals surface area contributed by atoms with Gasteiger partial charge in [0.15, 0.2) is 5.69 Å². The summed E-state index contributed by atoms with van der Waals surface area (Å²) >= 11 is 1.66. The van der Waals surface area contributed by atoms with Gasteiger partial charge >= 0.3 is 0 Å². The number of pyridine rings is 1. The molecule has 3 heterocycles. The summed E-state index contributed by atoms with van der Waals surface area (Å²) in [6.07, 6.45) is 1.71. The number of methoxy groups -OCH3 is 1. The Balaban J connectivity index is 1.82. The van der Waals surface area contributed by atoms with Crippen molar-refractivity contribution in [3.05, 3.63) is 58.9 Å². The summed E-state index contributed by atoms with van der Waals surface area (Å²) in [5.41, 5.74) is 2.00. The Morgan fingerprint density at radius 1 is 1.36 bits per heavy atom. The molecule has 3 aromatic heterocycles. The summed E-state index contributed by atoms with van der Waals surface area (Å²) in [4.78, 5) is 21.1. The van der Waals surface area contributed by atoms with E-state index in [0.29, 0.717) is 12.3 Å². The SMILES string of the molecule is COC[C@H](c1ccccn1)N(C)C(=O)c1cc(-c2ccc(C)s2)[nH]n1. The average Bonchev–Trinajstić information content (AvgIpc) is 3.28. The van der Waals surface area contributed by atoms with Gasteiger partial charge in [0.1, 0.15) is 0 Å². The van der Waals surface area contributed by atoms with Gasteiger partial charge in [-0.15, -0.1) is 11.3 Å². The highest BCUT2D eigenvalue weighted by molar-refractivity contribution is 7.15. The van der Waals surface area contributed by atoms with Crippen molar-refractivity contribution in [1.82, 2.24) is 20.1 Å². The predicted octanol–water partition coefficient (Wildman–Crippen LogP) is 3.30. The van der Waals surface area contributed by atoms with Crippen LogP contribution in [0.25, 0.3) is 10.6 Å². The normalized spacial score (nSPS) is 12.1. The Kier molecular flexibility index (Phi) is 5.25. The van der Waals surface area contributed by atoms with Crippen molar-refractivity contribution in [2.24, 2.45) is 0 Å². The number of aryl methyl sites for hydroxylation is 1. The molecule has 0 aliphatic rings. The molecule has 0 radical (unpaired) electrons. The van der Waals surface area contributed by atoms with Gasteiger partial charge in [-0.25, -0.2) is 0 Å². The zero-order valence-electron chi connectivity index (χ0n) is 14.4. The molecule has 0 aromatic carbocycles. The molecule has 0 saturated heterocycles. The summed E-state index contributed by atoms with van der Waals surface area (Å²) in [7, 11) is 3.35. The number of amides is 1. The number of H-pyrrole nitrogens is 1. The number of ether oxygens (including phenoxy) is 1. The van der Waals surface area contributed by atoms with E-state index in [4.69, 9.17) is 4.74 Å². The van der Waals surface area contributed by atoms with Gasteiger partial charge in [0.2, 0.25) is 0 Å². The minimum absolute atomic E-state index is 0.177. The molecular weight excluding hydrogens is 336 g/mol. The molecule has 1 atom stereocenters. The topological polar surface area (TPSA) is 71.1 Å². The smallest absolute Gasteiger partial charge is 0.274 e. The van der Waals surface area contributed by atoms with Crippen LogP contribution in [-0.4, -0.2) is 46.8 Å². The molecule has 7 heteroatoms. The number of aromatic amines is 1. The van der Waals surface area contributed by atoms with E-state index < -0.39 is 0 Å². The van der Waals surface area contributed by atoms with E-state index in [0.717, 1.165) is 16.3 Å². The fraction of sp³-hybridized carbons (Fsp3) is 0.278. The van der Waals surface area contributed by atoms with Crippen molar-refractivity contribution in [3.63, 3.8) is 0 Å². The zero-order valence-corrected chi connectivity index (χ0v) is 15.2.